The lowest BCUT2D eigenvalue weighted by Crippen LogP contribution is -2.61. The first-order chi connectivity index (χ1) is 14.5. The third-order valence-corrected chi connectivity index (χ3v) is 9.28. The van der Waals surface area contributed by atoms with Gasteiger partial charge in [-0.05, 0) is 82.8 Å². The highest BCUT2D eigenvalue weighted by molar-refractivity contribution is 6.01. The molecular weight excluding hydrogens is 390 g/mol. The molecule has 0 radical (unpaired) electrons. The molecule has 0 spiro atoms. The molecule has 170 valence electrons. The molecule has 0 aromatic heterocycles. The SMILES string of the molecule is CC(=O)[C@@]1(OC(=O)NC(C)C)C(C)C[C@H]2[C@@H]3CCC4=CC(=O)C=C[C@]4(C)[C@H]3CC[C@@]21C. The maximum absolute atomic E-state index is 13.2. The van der Waals surface area contributed by atoms with Crippen molar-refractivity contribution in [2.45, 2.75) is 85.3 Å². The molecule has 0 bridgehead atoms. The fourth-order valence-corrected chi connectivity index (χ4v) is 7.97. The second-order valence-corrected chi connectivity index (χ2v) is 11.2. The van der Waals surface area contributed by atoms with E-state index in [1.54, 1.807) is 13.0 Å². The van der Waals surface area contributed by atoms with E-state index in [0.29, 0.717) is 17.8 Å². The van der Waals surface area contributed by atoms with Crippen molar-refractivity contribution in [3.8, 4) is 0 Å². The van der Waals surface area contributed by atoms with Gasteiger partial charge in [0.2, 0.25) is 0 Å². The number of amides is 1. The van der Waals surface area contributed by atoms with Crippen LogP contribution in [0.1, 0.15) is 73.6 Å². The van der Waals surface area contributed by atoms with Crippen LogP contribution < -0.4 is 5.32 Å². The number of Topliss-reactive ketones (excluding diaryl/α,β-unsaturated/α-hetero) is 1. The lowest BCUT2D eigenvalue weighted by atomic mass is 9.47. The minimum atomic E-state index is -1.09. The summed E-state index contributed by atoms with van der Waals surface area (Å²) in [4.78, 5) is 37.9. The van der Waals surface area contributed by atoms with Gasteiger partial charge in [0.05, 0.1) is 0 Å². The van der Waals surface area contributed by atoms with E-state index in [0.717, 1.165) is 32.1 Å². The Kier molecular flexibility index (Phi) is 5.26. The standard InChI is InChI=1S/C26H37NO4/c1-15(2)27-23(30)31-26(17(4)28)16(3)13-22-20-8-7-18-14-19(29)9-11-24(18,5)21(20)10-12-25(22,26)6/h9,11,14-16,20-22H,7-8,10,12-13H2,1-6H3,(H,27,30)/t16?,20-,21+,22+,24+,25+,26+/m1/s1. The maximum atomic E-state index is 13.2. The second-order valence-electron chi connectivity index (χ2n) is 11.2. The third kappa shape index (κ3) is 3.06. The molecule has 0 heterocycles. The van der Waals surface area contributed by atoms with Gasteiger partial charge in [0.25, 0.3) is 0 Å². The molecule has 0 aliphatic heterocycles. The average Bonchev–Trinajstić information content (AvgIpc) is 2.90. The van der Waals surface area contributed by atoms with Crippen LogP contribution in [0, 0.1) is 34.5 Å². The summed E-state index contributed by atoms with van der Waals surface area (Å²) in [6.07, 6.45) is 9.90. The van der Waals surface area contributed by atoms with E-state index >= 15 is 0 Å². The fourth-order valence-electron chi connectivity index (χ4n) is 7.97. The van der Waals surface area contributed by atoms with Crippen molar-refractivity contribution in [2.75, 3.05) is 0 Å². The van der Waals surface area contributed by atoms with Crippen molar-refractivity contribution in [3.05, 3.63) is 23.8 Å². The number of hydrogen-bond donors (Lipinski definition) is 1. The molecule has 3 fully saturated rings. The van der Waals surface area contributed by atoms with Crippen molar-refractivity contribution >= 4 is 17.7 Å². The summed E-state index contributed by atoms with van der Waals surface area (Å²) in [6, 6.07) is -0.0446. The molecule has 7 atom stereocenters. The number of ether oxygens (including phenoxy) is 1. The molecular formula is C26H37NO4. The van der Waals surface area contributed by atoms with E-state index in [1.807, 2.05) is 19.9 Å². The van der Waals surface area contributed by atoms with Gasteiger partial charge < -0.3 is 10.1 Å². The highest BCUT2D eigenvalue weighted by atomic mass is 16.6. The fraction of sp³-hybridized carbons (Fsp3) is 0.731. The van der Waals surface area contributed by atoms with E-state index in [-0.39, 0.29) is 34.4 Å². The van der Waals surface area contributed by atoms with Gasteiger partial charge in [-0.15, -0.1) is 0 Å². The first-order valence-electron chi connectivity index (χ1n) is 11.9. The summed E-state index contributed by atoms with van der Waals surface area (Å²) < 4.78 is 6.11. The molecule has 4 aliphatic rings. The van der Waals surface area contributed by atoms with E-state index in [9.17, 15) is 14.4 Å². The Balaban J connectivity index is 1.70. The third-order valence-electron chi connectivity index (χ3n) is 9.28. The van der Waals surface area contributed by atoms with Crippen molar-refractivity contribution in [3.63, 3.8) is 0 Å². The van der Waals surface area contributed by atoms with Gasteiger partial charge in [0, 0.05) is 22.8 Å². The van der Waals surface area contributed by atoms with Crippen LogP contribution in [-0.2, 0) is 14.3 Å². The van der Waals surface area contributed by atoms with Crippen molar-refractivity contribution in [1.82, 2.24) is 5.32 Å². The molecule has 1 unspecified atom stereocenters. The zero-order valence-electron chi connectivity index (χ0n) is 19.8. The molecule has 31 heavy (non-hydrogen) atoms. The quantitative estimate of drug-likeness (QED) is 0.688. The first kappa shape index (κ1) is 22.3. The van der Waals surface area contributed by atoms with Crippen LogP contribution in [0.2, 0.25) is 0 Å². The van der Waals surface area contributed by atoms with Crippen LogP contribution in [0.3, 0.4) is 0 Å². The molecule has 4 aliphatic carbocycles. The summed E-state index contributed by atoms with van der Waals surface area (Å²) in [5.74, 6) is 1.27. The largest absolute Gasteiger partial charge is 0.434 e. The summed E-state index contributed by atoms with van der Waals surface area (Å²) in [7, 11) is 0. The maximum Gasteiger partial charge on any atom is 0.408 e. The minimum absolute atomic E-state index is 0.0233. The molecule has 1 N–H and O–H groups in total. The predicted octanol–water partition coefficient (Wildman–Crippen LogP) is 5.00. The zero-order valence-corrected chi connectivity index (χ0v) is 19.8. The van der Waals surface area contributed by atoms with Gasteiger partial charge in [-0.3, -0.25) is 9.59 Å². The number of rotatable bonds is 3. The number of allylic oxidation sites excluding steroid dienone is 4. The monoisotopic (exact) mass is 427 g/mol. The van der Waals surface area contributed by atoms with Crippen molar-refractivity contribution in [1.29, 1.82) is 0 Å². The van der Waals surface area contributed by atoms with E-state index < -0.39 is 11.7 Å². The number of alkyl carbamates (subject to hydrolysis) is 1. The van der Waals surface area contributed by atoms with Gasteiger partial charge in [-0.25, -0.2) is 4.79 Å². The summed E-state index contributed by atoms with van der Waals surface area (Å²) >= 11 is 0. The van der Waals surface area contributed by atoms with Crippen LogP contribution in [0.5, 0.6) is 0 Å². The minimum Gasteiger partial charge on any atom is -0.434 e. The number of fused-ring (bicyclic) bond motifs is 5. The summed E-state index contributed by atoms with van der Waals surface area (Å²) in [5, 5.41) is 2.82. The van der Waals surface area contributed by atoms with Crippen molar-refractivity contribution < 1.29 is 19.1 Å². The Bertz CT molecular complexity index is 873. The highest BCUT2D eigenvalue weighted by Gasteiger charge is 2.70. The van der Waals surface area contributed by atoms with Gasteiger partial charge in [0.15, 0.2) is 17.2 Å². The summed E-state index contributed by atoms with van der Waals surface area (Å²) in [5.41, 5.74) is -0.281. The smallest absolute Gasteiger partial charge is 0.408 e. The number of nitrogens with one attached hydrogen (secondary N) is 1. The lowest BCUT2D eigenvalue weighted by Gasteiger charge is -2.58. The Morgan fingerprint density at radius 1 is 1.19 bits per heavy atom. The average molecular weight is 428 g/mol. The van der Waals surface area contributed by atoms with E-state index in [4.69, 9.17) is 4.74 Å². The van der Waals surface area contributed by atoms with Gasteiger partial charge >= 0.3 is 6.09 Å². The number of hydrogen-bond acceptors (Lipinski definition) is 4. The number of carbonyl (C=O) groups excluding carboxylic acids is 3. The molecule has 0 saturated heterocycles. The Morgan fingerprint density at radius 3 is 2.55 bits per heavy atom. The second kappa shape index (κ2) is 7.31. The normalized spacial score (nSPS) is 43.6. The van der Waals surface area contributed by atoms with Crippen LogP contribution in [0.25, 0.3) is 0 Å². The molecule has 5 heteroatoms. The van der Waals surface area contributed by atoms with Gasteiger partial charge in [-0.2, -0.15) is 0 Å². The highest BCUT2D eigenvalue weighted by Crippen LogP contribution is 2.69. The molecule has 5 nitrogen and oxygen atoms in total. The molecule has 3 saturated carbocycles. The first-order valence-corrected chi connectivity index (χ1v) is 11.9. The summed E-state index contributed by atoms with van der Waals surface area (Å²) in [6.45, 7) is 11.9. The molecule has 0 aromatic rings. The zero-order chi connectivity index (χ0) is 22.8. The van der Waals surface area contributed by atoms with Crippen LogP contribution in [0.15, 0.2) is 23.8 Å². The van der Waals surface area contributed by atoms with Gasteiger partial charge in [-0.1, -0.05) is 32.4 Å². The Labute approximate surface area is 186 Å². The molecule has 4 rings (SSSR count). The molecule has 1 amide bonds. The Morgan fingerprint density at radius 2 is 1.90 bits per heavy atom. The van der Waals surface area contributed by atoms with Crippen LogP contribution >= 0.6 is 0 Å². The van der Waals surface area contributed by atoms with E-state index in [2.05, 4.69) is 32.2 Å². The molecule has 0 aromatic carbocycles. The number of carbonyl (C=O) groups is 3. The van der Waals surface area contributed by atoms with Crippen LogP contribution in [0.4, 0.5) is 4.79 Å². The topological polar surface area (TPSA) is 72.5 Å². The number of ketones is 2. The van der Waals surface area contributed by atoms with E-state index in [1.165, 1.54) is 5.57 Å². The lowest BCUT2D eigenvalue weighted by molar-refractivity contribution is -0.165. The predicted molar refractivity (Wildman–Crippen MR) is 119 cm³/mol. The van der Waals surface area contributed by atoms with Gasteiger partial charge in [0.1, 0.15) is 0 Å². The Hall–Kier alpha value is -1.91. The van der Waals surface area contributed by atoms with Crippen molar-refractivity contribution in [2.24, 2.45) is 34.5 Å². The van der Waals surface area contributed by atoms with Crippen LogP contribution in [-0.4, -0.2) is 29.3 Å².